The fourth-order valence-electron chi connectivity index (χ4n) is 3.65. The molecule has 0 amide bonds. The Kier molecular flexibility index (Phi) is 5.71. The molecule has 0 bridgehead atoms. The lowest BCUT2D eigenvalue weighted by Gasteiger charge is -2.21. The van der Waals surface area contributed by atoms with Crippen molar-refractivity contribution in [2.75, 3.05) is 5.75 Å². The predicted octanol–water partition coefficient (Wildman–Crippen LogP) is 4.00. The number of hydrogen-bond acceptors (Lipinski definition) is 6. The Morgan fingerprint density at radius 1 is 1.11 bits per heavy atom. The molecule has 1 aliphatic rings. The highest BCUT2D eigenvalue weighted by Crippen LogP contribution is 2.48. The van der Waals surface area contributed by atoms with Crippen LogP contribution in [0.3, 0.4) is 0 Å². The molecule has 0 spiro atoms. The first-order valence-corrected chi connectivity index (χ1v) is 12.0. The molecule has 1 saturated carbocycles. The van der Waals surface area contributed by atoms with Crippen molar-refractivity contribution in [3.8, 4) is 17.5 Å². The van der Waals surface area contributed by atoms with Gasteiger partial charge in [-0.25, -0.2) is 8.42 Å². The largest absolute Gasteiger partial charge is 0.455 e. The van der Waals surface area contributed by atoms with Crippen LogP contribution in [-0.2, 0) is 21.8 Å². The van der Waals surface area contributed by atoms with Crippen LogP contribution in [0.4, 0.5) is 22.0 Å². The van der Waals surface area contributed by atoms with Gasteiger partial charge in [0.1, 0.15) is 5.69 Å². The average molecular weight is 512 g/mol. The molecule has 4 rings (SSSR count). The maximum absolute atomic E-state index is 13.7. The molecule has 13 heteroatoms. The second kappa shape index (κ2) is 8.08. The summed E-state index contributed by atoms with van der Waals surface area (Å²) in [6.07, 6.45) is -2.45. The Labute approximate surface area is 195 Å². The van der Waals surface area contributed by atoms with Gasteiger partial charge in [0, 0.05) is 17.6 Å². The number of pyridine rings is 3. The number of aromatic nitrogens is 3. The van der Waals surface area contributed by atoms with Crippen LogP contribution in [0.15, 0.2) is 46.3 Å². The molecule has 1 aliphatic carbocycles. The Hall–Kier alpha value is -3.40. The van der Waals surface area contributed by atoms with Gasteiger partial charge in [0.25, 0.3) is 5.56 Å². The summed E-state index contributed by atoms with van der Waals surface area (Å²) in [5.74, 6) is -5.44. The summed E-state index contributed by atoms with van der Waals surface area (Å²) in [5, 5.41) is 9.53. The topological polar surface area (TPSA) is 106 Å². The molecule has 0 radical (unpaired) electrons. The smallest absolute Gasteiger partial charge is 0.300 e. The van der Waals surface area contributed by atoms with Crippen molar-refractivity contribution in [1.82, 2.24) is 14.5 Å². The molecular formula is C22H17F5N4O3S. The van der Waals surface area contributed by atoms with E-state index in [1.165, 1.54) is 31.3 Å². The lowest BCUT2D eigenvalue weighted by molar-refractivity contribution is -0.286. The van der Waals surface area contributed by atoms with E-state index >= 15 is 0 Å². The van der Waals surface area contributed by atoms with Gasteiger partial charge in [0.15, 0.2) is 9.84 Å². The standard InChI is InChI=1S/C22H17F5N4O3S/c1-2-35(33,34)17-8-14(20(11-28)5-6-20)9-30-19(17)15-7-13-3-4-18(32)31(16(13)10-29-15)12-21(23,24)22(25,26)27/h3-4,7-10H,2,5-6,12H2,1H3. The predicted molar refractivity (Wildman–Crippen MR) is 114 cm³/mol. The minimum Gasteiger partial charge on any atom is -0.300 e. The zero-order valence-electron chi connectivity index (χ0n) is 18.1. The van der Waals surface area contributed by atoms with Gasteiger partial charge in [-0.15, -0.1) is 0 Å². The molecule has 0 aliphatic heterocycles. The van der Waals surface area contributed by atoms with E-state index in [2.05, 4.69) is 16.0 Å². The van der Waals surface area contributed by atoms with Crippen LogP contribution in [0.2, 0.25) is 0 Å². The summed E-state index contributed by atoms with van der Waals surface area (Å²) in [6.45, 7) is -0.511. The quantitative estimate of drug-likeness (QED) is 0.462. The number of rotatable bonds is 6. The third-order valence-corrected chi connectivity index (χ3v) is 7.72. The molecule has 0 N–H and O–H groups in total. The molecule has 3 aromatic rings. The van der Waals surface area contributed by atoms with Crippen molar-refractivity contribution in [2.24, 2.45) is 0 Å². The van der Waals surface area contributed by atoms with Gasteiger partial charge in [0.2, 0.25) is 0 Å². The first-order chi connectivity index (χ1) is 16.2. The Morgan fingerprint density at radius 2 is 1.80 bits per heavy atom. The number of nitriles is 1. The van der Waals surface area contributed by atoms with Crippen LogP contribution in [0.5, 0.6) is 0 Å². The van der Waals surface area contributed by atoms with Crippen molar-refractivity contribution >= 4 is 20.7 Å². The third kappa shape index (κ3) is 4.27. The SMILES string of the molecule is CCS(=O)(=O)c1cc(C2(C#N)CC2)cnc1-c1cc2ccc(=O)n(CC(F)(F)C(F)(F)F)c2cn1. The molecule has 0 atom stereocenters. The zero-order chi connectivity index (χ0) is 25.8. The third-order valence-electron chi connectivity index (χ3n) is 5.97. The van der Waals surface area contributed by atoms with Crippen molar-refractivity contribution in [1.29, 1.82) is 5.26 Å². The van der Waals surface area contributed by atoms with Crippen LogP contribution in [0.25, 0.3) is 22.3 Å². The van der Waals surface area contributed by atoms with Gasteiger partial charge in [0.05, 0.1) is 46.1 Å². The highest BCUT2D eigenvalue weighted by Gasteiger charge is 2.57. The summed E-state index contributed by atoms with van der Waals surface area (Å²) in [4.78, 5) is 20.2. The number of hydrogen-bond donors (Lipinski definition) is 0. The lowest BCUT2D eigenvalue weighted by Crippen LogP contribution is -2.42. The van der Waals surface area contributed by atoms with E-state index in [1.807, 2.05) is 0 Å². The van der Waals surface area contributed by atoms with Gasteiger partial charge in [-0.3, -0.25) is 14.8 Å². The Morgan fingerprint density at radius 3 is 2.37 bits per heavy atom. The summed E-state index contributed by atoms with van der Waals surface area (Å²) >= 11 is 0. The van der Waals surface area contributed by atoms with Crippen LogP contribution in [0, 0.1) is 11.3 Å². The molecule has 0 saturated heterocycles. The number of alkyl halides is 5. The second-order valence-electron chi connectivity index (χ2n) is 8.26. The van der Waals surface area contributed by atoms with E-state index in [1.54, 1.807) is 0 Å². The minimum atomic E-state index is -5.86. The fraction of sp³-hybridized carbons (Fsp3) is 0.364. The van der Waals surface area contributed by atoms with Crippen LogP contribution >= 0.6 is 0 Å². The molecule has 7 nitrogen and oxygen atoms in total. The van der Waals surface area contributed by atoms with E-state index in [0.29, 0.717) is 18.4 Å². The number of fused-ring (bicyclic) bond motifs is 1. The zero-order valence-corrected chi connectivity index (χ0v) is 18.9. The fourth-order valence-corrected chi connectivity index (χ4v) is 4.72. The van der Waals surface area contributed by atoms with Crippen LogP contribution < -0.4 is 5.56 Å². The van der Waals surface area contributed by atoms with Gasteiger partial charge < -0.3 is 4.57 Å². The Bertz CT molecular complexity index is 1540. The first-order valence-electron chi connectivity index (χ1n) is 10.3. The van der Waals surface area contributed by atoms with Crippen molar-refractivity contribution in [2.45, 2.75) is 48.7 Å². The first kappa shape index (κ1) is 24.7. The summed E-state index contributed by atoms with van der Waals surface area (Å²) in [5.41, 5.74) is -1.79. The highest BCUT2D eigenvalue weighted by molar-refractivity contribution is 7.91. The number of halogens is 5. The number of sulfone groups is 1. The van der Waals surface area contributed by atoms with Crippen molar-refractivity contribution < 1.29 is 30.4 Å². The van der Waals surface area contributed by atoms with E-state index in [9.17, 15) is 40.4 Å². The highest BCUT2D eigenvalue weighted by atomic mass is 32.2. The van der Waals surface area contributed by atoms with Crippen LogP contribution in [-0.4, -0.2) is 40.8 Å². The maximum Gasteiger partial charge on any atom is 0.455 e. The van der Waals surface area contributed by atoms with Gasteiger partial charge >= 0.3 is 12.1 Å². The summed E-state index contributed by atoms with van der Waals surface area (Å²) in [6, 6.07) is 6.84. The van der Waals surface area contributed by atoms with E-state index in [4.69, 9.17) is 0 Å². The molecule has 3 aromatic heterocycles. The molecule has 35 heavy (non-hydrogen) atoms. The van der Waals surface area contributed by atoms with Crippen LogP contribution in [0.1, 0.15) is 25.3 Å². The normalized spacial score (nSPS) is 15.7. The summed E-state index contributed by atoms with van der Waals surface area (Å²) in [7, 11) is -3.84. The van der Waals surface area contributed by atoms with Crippen molar-refractivity contribution in [3.05, 3.63) is 52.6 Å². The molecular weight excluding hydrogens is 495 g/mol. The molecule has 184 valence electrons. The van der Waals surface area contributed by atoms with Gasteiger partial charge in [-0.05, 0) is 36.6 Å². The Balaban J connectivity index is 1.87. The van der Waals surface area contributed by atoms with Crippen molar-refractivity contribution in [3.63, 3.8) is 0 Å². The molecule has 1 fully saturated rings. The number of nitrogens with zero attached hydrogens (tertiary/aromatic N) is 4. The van der Waals surface area contributed by atoms with Gasteiger partial charge in [-0.1, -0.05) is 6.92 Å². The average Bonchev–Trinajstić information content (AvgIpc) is 3.61. The van der Waals surface area contributed by atoms with E-state index < -0.39 is 39.5 Å². The molecule has 3 heterocycles. The molecule has 0 unspecified atom stereocenters. The molecule has 0 aromatic carbocycles. The lowest BCUT2D eigenvalue weighted by atomic mass is 9.99. The van der Waals surface area contributed by atoms with E-state index in [-0.39, 0.29) is 37.5 Å². The minimum absolute atomic E-state index is 0.00524. The van der Waals surface area contributed by atoms with E-state index in [0.717, 1.165) is 12.3 Å². The summed E-state index contributed by atoms with van der Waals surface area (Å²) < 4.78 is 91.3. The second-order valence-corrected chi connectivity index (χ2v) is 10.5. The maximum atomic E-state index is 13.7. The monoisotopic (exact) mass is 512 g/mol. The van der Waals surface area contributed by atoms with Gasteiger partial charge in [-0.2, -0.15) is 27.2 Å².